The van der Waals surface area contributed by atoms with E-state index in [4.69, 9.17) is 28.9 Å². The van der Waals surface area contributed by atoms with E-state index in [0.29, 0.717) is 110 Å². The molecule has 0 spiro atoms. The van der Waals surface area contributed by atoms with Crippen molar-refractivity contribution in [2.24, 2.45) is 17.8 Å². The number of benzene rings is 3. The summed E-state index contributed by atoms with van der Waals surface area (Å²) in [6.07, 6.45) is 4.50. The molecule has 2 unspecified atom stereocenters. The molecule has 19 nitrogen and oxygen atoms in total. The van der Waals surface area contributed by atoms with Crippen LogP contribution < -0.4 is 5.73 Å². The summed E-state index contributed by atoms with van der Waals surface area (Å²) in [6.45, 7) is 11.4. The Morgan fingerprint density at radius 1 is 0.549 bits per heavy atom. The molecule has 82 heavy (non-hydrogen) atoms. The van der Waals surface area contributed by atoms with Gasteiger partial charge in [0.05, 0.1) is 34.5 Å². The summed E-state index contributed by atoms with van der Waals surface area (Å²) < 4.78 is 84.4. The minimum Gasteiger partial charge on any atom is -0.399 e. The van der Waals surface area contributed by atoms with Crippen LogP contribution in [0.25, 0.3) is 0 Å². The molecule has 6 aromatic rings. The average molecular weight is 1230 g/mol. The Bertz CT molecular complexity index is 3440. The van der Waals surface area contributed by atoms with Gasteiger partial charge in [0.15, 0.2) is 19.7 Å². The van der Waals surface area contributed by atoms with Crippen LogP contribution >= 0.6 is 23.2 Å². The molecule has 3 aromatic carbocycles. The molecule has 0 saturated carbocycles. The molecular weight excluding hydrogens is 1150 g/mol. The second-order valence-electron chi connectivity index (χ2n) is 21.9. The maximum Gasteiger partial charge on any atom is 0.274 e. The Morgan fingerprint density at radius 3 is 1.40 bits per heavy atom. The number of hydrogen-bond acceptors (Lipinski definition) is 13. The van der Waals surface area contributed by atoms with Crippen LogP contribution in [0.1, 0.15) is 121 Å². The number of nitrogens with two attached hydrogens (primary N) is 1. The number of aromatic amines is 3. The number of rotatable bonds is 18. The average Bonchev–Trinajstić information content (AvgIpc) is 4.32. The Morgan fingerprint density at radius 2 is 0.963 bits per heavy atom. The van der Waals surface area contributed by atoms with Crippen molar-refractivity contribution in [1.82, 2.24) is 45.3 Å². The zero-order chi connectivity index (χ0) is 59.5. The Balaban J connectivity index is 0.000000177. The van der Waals surface area contributed by atoms with E-state index in [2.05, 4.69) is 30.6 Å². The third-order valence-corrected chi connectivity index (χ3v) is 21.5. The molecule has 0 radical (unpaired) electrons. The fourth-order valence-corrected chi connectivity index (χ4v) is 16.1. The fraction of sp³-hybridized carbons (Fsp3) is 0.474. The minimum atomic E-state index is -2.94. The van der Waals surface area contributed by atoms with Crippen molar-refractivity contribution >= 4 is 76.1 Å². The number of nitrogens with one attached hydrogen (secondary N) is 3. The number of nitrogens with zero attached hydrogens (tertiary/aromatic N) is 6. The quantitative estimate of drug-likeness (QED) is 0.0588. The third kappa shape index (κ3) is 18.2. The summed E-state index contributed by atoms with van der Waals surface area (Å²) in [5, 5.41) is 21.7. The van der Waals surface area contributed by atoms with Crippen molar-refractivity contribution in [2.75, 3.05) is 59.9 Å². The van der Waals surface area contributed by atoms with Crippen molar-refractivity contribution < 1.29 is 44.0 Å². The molecule has 3 aliphatic rings. The normalized spacial score (nSPS) is 18.0. The van der Waals surface area contributed by atoms with Crippen LogP contribution in [-0.2, 0) is 49.1 Å². The number of amides is 3. The van der Waals surface area contributed by atoms with Crippen LogP contribution in [0.15, 0.2) is 72.8 Å². The zero-order valence-corrected chi connectivity index (χ0v) is 50.9. The van der Waals surface area contributed by atoms with Crippen molar-refractivity contribution in [3.63, 3.8) is 0 Å². The number of anilines is 1. The lowest BCUT2D eigenvalue weighted by Gasteiger charge is -2.27. The molecule has 3 aromatic heterocycles. The van der Waals surface area contributed by atoms with Crippen molar-refractivity contribution in [1.29, 1.82) is 0 Å². The van der Waals surface area contributed by atoms with Gasteiger partial charge in [-0.15, -0.1) is 0 Å². The predicted molar refractivity (Wildman–Crippen MR) is 316 cm³/mol. The summed E-state index contributed by atoms with van der Waals surface area (Å²) in [7, 11) is -8.78. The van der Waals surface area contributed by atoms with Gasteiger partial charge < -0.3 is 20.4 Å². The van der Waals surface area contributed by atoms with E-state index in [9.17, 15) is 44.0 Å². The summed E-state index contributed by atoms with van der Waals surface area (Å²) in [4.78, 5) is 43.9. The Kier molecular flexibility index (Phi) is 21.6. The first-order valence-electron chi connectivity index (χ1n) is 27.3. The summed E-state index contributed by atoms with van der Waals surface area (Å²) in [5.41, 5.74) is 13.7. The Labute approximate surface area is 490 Å². The molecular formula is C57H73Cl2FN10O9S3. The second kappa shape index (κ2) is 28.0. The van der Waals surface area contributed by atoms with Crippen molar-refractivity contribution in [3.8, 4) is 0 Å². The van der Waals surface area contributed by atoms with Gasteiger partial charge in [-0.1, -0.05) is 53.5 Å². The minimum absolute atomic E-state index is 0.0718. The number of nitrogen functional groups attached to an aromatic ring is 1. The van der Waals surface area contributed by atoms with Crippen LogP contribution in [0.5, 0.6) is 0 Å². The number of aromatic nitrogens is 6. The highest BCUT2D eigenvalue weighted by Crippen LogP contribution is 2.29. The van der Waals surface area contributed by atoms with E-state index in [1.807, 2.05) is 58.9 Å². The van der Waals surface area contributed by atoms with Gasteiger partial charge in [0.25, 0.3) is 17.7 Å². The maximum atomic E-state index is 14.3. The number of carbonyl (C=O) groups is 3. The van der Waals surface area contributed by atoms with Crippen LogP contribution in [0.3, 0.4) is 0 Å². The molecule has 25 heteroatoms. The number of aryl methyl sites for hydroxylation is 5. The van der Waals surface area contributed by atoms with E-state index >= 15 is 0 Å². The van der Waals surface area contributed by atoms with E-state index in [1.54, 1.807) is 57.2 Å². The molecule has 0 bridgehead atoms. The van der Waals surface area contributed by atoms with Crippen LogP contribution in [-0.4, -0.2) is 142 Å². The first-order chi connectivity index (χ1) is 38.7. The van der Waals surface area contributed by atoms with Gasteiger partial charge in [0.1, 0.15) is 32.7 Å². The van der Waals surface area contributed by atoms with E-state index in [0.717, 1.165) is 39.3 Å². The smallest absolute Gasteiger partial charge is 0.274 e. The van der Waals surface area contributed by atoms with E-state index in [1.165, 1.54) is 6.07 Å². The topological polar surface area (TPSA) is 275 Å². The number of halogens is 3. The van der Waals surface area contributed by atoms with Crippen LogP contribution in [0.4, 0.5) is 10.1 Å². The lowest BCUT2D eigenvalue weighted by atomic mass is 9.98. The summed E-state index contributed by atoms with van der Waals surface area (Å²) >= 11 is 12.7. The van der Waals surface area contributed by atoms with E-state index in [-0.39, 0.29) is 88.9 Å². The van der Waals surface area contributed by atoms with Gasteiger partial charge in [0.2, 0.25) is 0 Å². The Hall–Kier alpha value is -6.14. The summed E-state index contributed by atoms with van der Waals surface area (Å²) in [5.74, 6) is 0.707. The monoisotopic (exact) mass is 1230 g/mol. The number of hydrogen-bond donors (Lipinski definition) is 4. The highest BCUT2D eigenvalue weighted by molar-refractivity contribution is 7.92. The largest absolute Gasteiger partial charge is 0.399 e. The van der Waals surface area contributed by atoms with E-state index < -0.39 is 29.5 Å². The maximum absolute atomic E-state index is 14.3. The molecule has 5 N–H and O–H groups in total. The van der Waals surface area contributed by atoms with Gasteiger partial charge >= 0.3 is 0 Å². The van der Waals surface area contributed by atoms with Crippen molar-refractivity contribution in [2.45, 2.75) is 99.2 Å². The lowest BCUT2D eigenvalue weighted by Crippen LogP contribution is -2.34. The standard InChI is InChI=1S/C20H26FN3O3S.C19H24ClN3O3S.C18H23ClN4O3S/c1-14-4-3-5-18(21)17(14)13-24(20(25)19-12-15(2)22-23-19)9-6-16-7-10-28(26,27)11-8-16;1-13-4-3-5-16(18(13)20)11-23(19(24)17-10-14(2)21-22-17)8-6-15-7-9-27(25,26)12-15;1-12-8-17(22-21-12)18(24)23(6-4-13-5-7-27(25,26)11-13)10-14-9-15(20)2-3-16(14)19/h3-5,12,16H,6-11,13H2,1-2H3,(H,22,23);3-5,10,15H,6-9,11-12H2,1-2H3,(H,21,22);2-3,8-9,13H,4-7,10-11,20H2,1H3,(H,21,22). The number of carbonyl (C=O) groups excluding carboxylic acids is 3. The van der Waals surface area contributed by atoms with Crippen LogP contribution in [0.2, 0.25) is 10.0 Å². The lowest BCUT2D eigenvalue weighted by molar-refractivity contribution is 0.0718. The zero-order valence-electron chi connectivity index (χ0n) is 46.9. The molecule has 6 heterocycles. The molecule has 3 aliphatic heterocycles. The third-order valence-electron chi connectivity index (χ3n) is 15.2. The molecule has 0 aliphatic carbocycles. The highest BCUT2D eigenvalue weighted by Gasteiger charge is 2.32. The van der Waals surface area contributed by atoms with Crippen LogP contribution in [0, 0.1) is 58.2 Å². The van der Waals surface area contributed by atoms with Gasteiger partial charge in [-0.3, -0.25) is 29.7 Å². The summed E-state index contributed by atoms with van der Waals surface area (Å²) in [6, 6.07) is 20.9. The second-order valence-corrected chi connectivity index (χ2v) is 29.5. The molecule has 444 valence electrons. The molecule has 3 fully saturated rings. The fourth-order valence-electron chi connectivity index (χ4n) is 10.3. The van der Waals surface area contributed by atoms with Gasteiger partial charge in [-0.2, -0.15) is 15.3 Å². The first kappa shape index (κ1) is 63.4. The molecule has 9 rings (SSSR count). The SMILES string of the molecule is Cc1cc(C(=O)N(CCC2CCS(=O)(=O)C2)Cc2cc(N)ccc2Cl)n[nH]1.Cc1cc(C(=O)N(CCC2CCS(=O)(=O)C2)Cc2cccc(C)c2Cl)n[nH]1.Cc1cc(C(=O)N(CCC2CCS(=O)(=O)CC2)Cc2c(C)cccc2F)n[nH]1. The molecule has 3 saturated heterocycles. The van der Waals surface area contributed by atoms with Gasteiger partial charge in [0, 0.05) is 77.6 Å². The molecule has 2 atom stereocenters. The highest BCUT2D eigenvalue weighted by atomic mass is 35.5. The van der Waals surface area contributed by atoms with Gasteiger partial charge in [-0.25, -0.2) is 29.6 Å². The number of H-pyrrole nitrogens is 3. The predicted octanol–water partition coefficient (Wildman–Crippen LogP) is 8.59. The first-order valence-corrected chi connectivity index (χ1v) is 33.5. The van der Waals surface area contributed by atoms with Crippen molar-refractivity contribution in [3.05, 3.63) is 151 Å². The van der Waals surface area contributed by atoms with Gasteiger partial charge in [-0.05, 0) is 162 Å². The number of sulfone groups is 3. The molecule has 3 amide bonds.